The van der Waals surface area contributed by atoms with Crippen molar-refractivity contribution in [3.63, 3.8) is 0 Å². The van der Waals surface area contributed by atoms with Gasteiger partial charge in [0.15, 0.2) is 5.78 Å². The van der Waals surface area contributed by atoms with E-state index in [-0.39, 0.29) is 23.0 Å². The molecule has 6 nitrogen and oxygen atoms in total. The van der Waals surface area contributed by atoms with Crippen molar-refractivity contribution in [2.24, 2.45) is 5.41 Å². The Morgan fingerprint density at radius 3 is 2.31 bits per heavy atom. The number of imide groups is 1. The topological polar surface area (TPSA) is 72.9 Å². The molecule has 0 radical (unpaired) electrons. The number of hydrogen-bond acceptors (Lipinski definition) is 5. The second-order valence-electron chi connectivity index (χ2n) is 10.9. The number of carbonyl (C=O) groups is 3. The Balaban J connectivity index is 1.21. The first-order valence-electron chi connectivity index (χ1n) is 12.4. The van der Waals surface area contributed by atoms with Crippen LogP contribution < -0.4 is 0 Å². The molecule has 0 spiro atoms. The van der Waals surface area contributed by atoms with Gasteiger partial charge in [-0.3, -0.25) is 19.3 Å². The van der Waals surface area contributed by atoms with E-state index in [1.165, 1.54) is 4.90 Å². The van der Waals surface area contributed by atoms with Crippen LogP contribution in [0.25, 0.3) is 0 Å². The van der Waals surface area contributed by atoms with Gasteiger partial charge in [-0.25, -0.2) is 0 Å². The van der Waals surface area contributed by atoms with E-state index >= 15 is 0 Å². The average molecular weight is 472 g/mol. The zero-order chi connectivity index (χ0) is 24.4. The maximum absolute atomic E-state index is 13.1. The number of allylic oxidation sites excluding steroid dienone is 1. The number of amides is 2. The fourth-order valence-corrected chi connectivity index (χ4v) is 6.03. The maximum Gasteiger partial charge on any atom is 0.261 e. The van der Waals surface area contributed by atoms with Gasteiger partial charge in [-0.05, 0) is 41.5 Å². The van der Waals surface area contributed by atoms with Gasteiger partial charge in [-0.2, -0.15) is 0 Å². The van der Waals surface area contributed by atoms with E-state index in [2.05, 4.69) is 26.0 Å². The molecule has 0 aromatic heterocycles. The van der Waals surface area contributed by atoms with E-state index in [9.17, 15) is 14.4 Å². The van der Waals surface area contributed by atoms with Crippen LogP contribution in [0, 0.1) is 5.41 Å². The molecule has 35 heavy (non-hydrogen) atoms. The van der Waals surface area contributed by atoms with Crippen molar-refractivity contribution in [3.05, 3.63) is 82.1 Å². The molecule has 2 bridgehead atoms. The van der Waals surface area contributed by atoms with Gasteiger partial charge in [0, 0.05) is 32.2 Å². The quantitative estimate of drug-likeness (QED) is 0.446. The van der Waals surface area contributed by atoms with Crippen LogP contribution in [0.1, 0.15) is 83.9 Å². The average Bonchev–Trinajstić information content (AvgIpc) is 3.05. The minimum atomic E-state index is -0.840. The number of benzene rings is 2. The first kappa shape index (κ1) is 22.2. The summed E-state index contributed by atoms with van der Waals surface area (Å²) < 4.78 is 13.1. The third-order valence-electron chi connectivity index (χ3n) is 7.65. The Kier molecular flexibility index (Phi) is 5.01. The molecule has 0 unspecified atom stereocenters. The third kappa shape index (κ3) is 3.62. The van der Waals surface area contributed by atoms with Crippen LogP contribution in [-0.2, 0) is 20.7 Å². The van der Waals surface area contributed by atoms with Crippen molar-refractivity contribution in [1.29, 1.82) is 0 Å². The highest BCUT2D eigenvalue weighted by molar-refractivity contribution is 6.21. The van der Waals surface area contributed by atoms with Gasteiger partial charge < -0.3 is 9.47 Å². The van der Waals surface area contributed by atoms with E-state index in [1.807, 2.05) is 12.1 Å². The predicted octanol–water partition coefficient (Wildman–Crippen LogP) is 5.14. The Bertz CT molecular complexity index is 1260. The molecule has 6 rings (SSSR count). The second-order valence-corrected chi connectivity index (χ2v) is 10.9. The molecule has 2 amide bonds. The molecule has 0 saturated carbocycles. The molecule has 2 atom stereocenters. The van der Waals surface area contributed by atoms with Crippen LogP contribution in [0.5, 0.6) is 0 Å². The summed E-state index contributed by atoms with van der Waals surface area (Å²) in [4.78, 5) is 39.8. The standard InChI is InChI=1S/C29H29NO5/c1-28(2)16-22(31)24-23(17-28)34-29(15-18-9-3-4-10-19(18)25(24)35-29)13-7-8-14-30-26(32)20-11-5-6-12-21(20)27(30)33/h3-6,9-12,25H,7-8,13-17H2,1-2H3/t25-,29+/m0/s1. The summed E-state index contributed by atoms with van der Waals surface area (Å²) in [6.07, 6.45) is 3.41. The van der Waals surface area contributed by atoms with Gasteiger partial charge in [-0.15, -0.1) is 0 Å². The number of rotatable bonds is 5. The molecular formula is C29H29NO5. The zero-order valence-electron chi connectivity index (χ0n) is 20.1. The van der Waals surface area contributed by atoms with E-state index < -0.39 is 11.9 Å². The van der Waals surface area contributed by atoms with Crippen molar-refractivity contribution >= 4 is 17.6 Å². The molecule has 3 heterocycles. The lowest BCUT2D eigenvalue weighted by Crippen LogP contribution is -2.49. The summed E-state index contributed by atoms with van der Waals surface area (Å²) in [6.45, 7) is 4.57. The number of hydrogen-bond donors (Lipinski definition) is 0. The van der Waals surface area contributed by atoms with Crippen molar-refractivity contribution in [2.75, 3.05) is 6.54 Å². The first-order valence-corrected chi connectivity index (χ1v) is 12.4. The monoisotopic (exact) mass is 471 g/mol. The number of unbranched alkanes of at least 4 members (excludes halogenated alkanes) is 1. The maximum atomic E-state index is 13.1. The number of nitrogens with zero attached hydrogens (tertiary/aromatic N) is 1. The lowest BCUT2D eigenvalue weighted by molar-refractivity contribution is -0.266. The highest BCUT2D eigenvalue weighted by Gasteiger charge is 2.52. The highest BCUT2D eigenvalue weighted by atomic mass is 16.7. The summed E-state index contributed by atoms with van der Waals surface area (Å²) in [6, 6.07) is 15.1. The van der Waals surface area contributed by atoms with Gasteiger partial charge in [0.2, 0.25) is 5.79 Å². The summed E-state index contributed by atoms with van der Waals surface area (Å²) in [5.41, 5.74) is 3.69. The van der Waals surface area contributed by atoms with Crippen LogP contribution in [0.15, 0.2) is 59.9 Å². The second kappa shape index (κ2) is 7.89. The van der Waals surface area contributed by atoms with Gasteiger partial charge >= 0.3 is 0 Å². The van der Waals surface area contributed by atoms with Crippen molar-refractivity contribution in [3.8, 4) is 0 Å². The summed E-state index contributed by atoms with van der Waals surface area (Å²) in [7, 11) is 0. The Labute approximate surface area is 204 Å². The number of ether oxygens (including phenoxy) is 2. The Hall–Kier alpha value is -3.25. The van der Waals surface area contributed by atoms with Crippen LogP contribution in [0.4, 0.5) is 0 Å². The summed E-state index contributed by atoms with van der Waals surface area (Å²) in [5.74, 6) is -0.403. The molecule has 2 aromatic carbocycles. The predicted molar refractivity (Wildman–Crippen MR) is 128 cm³/mol. The lowest BCUT2D eigenvalue weighted by atomic mass is 9.72. The fourth-order valence-electron chi connectivity index (χ4n) is 6.03. The zero-order valence-corrected chi connectivity index (χ0v) is 20.1. The molecule has 3 aliphatic heterocycles. The SMILES string of the molecule is CC1(C)CC(=O)C2=C(C1)O[C@@]1(CCCCN3C(=O)c4ccccc4C3=O)Cc3ccccc3[C@@H]2O1. The molecule has 4 aliphatic rings. The van der Waals surface area contributed by atoms with E-state index in [4.69, 9.17) is 9.47 Å². The van der Waals surface area contributed by atoms with E-state index in [0.29, 0.717) is 55.3 Å². The number of ketones is 1. The number of fused-ring (bicyclic) bond motifs is 6. The van der Waals surface area contributed by atoms with Crippen LogP contribution in [-0.4, -0.2) is 34.8 Å². The van der Waals surface area contributed by atoms with Crippen molar-refractivity contribution in [1.82, 2.24) is 4.90 Å². The minimum absolute atomic E-state index is 0.108. The number of Topliss-reactive ketones (excluding diaryl/α,β-unsaturated/α-hetero) is 1. The Morgan fingerprint density at radius 1 is 0.886 bits per heavy atom. The largest absolute Gasteiger partial charge is 0.466 e. The molecule has 6 heteroatoms. The third-order valence-corrected chi connectivity index (χ3v) is 7.65. The fraction of sp³-hybridized carbons (Fsp3) is 0.414. The van der Waals surface area contributed by atoms with Crippen molar-refractivity contribution in [2.45, 2.75) is 64.3 Å². The van der Waals surface area contributed by atoms with E-state index in [1.54, 1.807) is 24.3 Å². The van der Waals surface area contributed by atoms with E-state index in [0.717, 1.165) is 23.3 Å². The molecule has 180 valence electrons. The van der Waals surface area contributed by atoms with Crippen molar-refractivity contribution < 1.29 is 23.9 Å². The molecule has 0 saturated heterocycles. The molecule has 0 N–H and O–H groups in total. The summed E-state index contributed by atoms with van der Waals surface area (Å²) >= 11 is 0. The summed E-state index contributed by atoms with van der Waals surface area (Å²) in [5, 5.41) is 0. The first-order chi connectivity index (χ1) is 16.8. The smallest absolute Gasteiger partial charge is 0.261 e. The van der Waals surface area contributed by atoms with Gasteiger partial charge in [0.05, 0.1) is 16.7 Å². The molecule has 0 fully saturated rings. The van der Waals surface area contributed by atoms with Gasteiger partial charge in [0.1, 0.15) is 11.9 Å². The lowest BCUT2D eigenvalue weighted by Gasteiger charge is -2.50. The normalized spacial score (nSPS) is 26.3. The molecule has 2 aromatic rings. The van der Waals surface area contributed by atoms with Gasteiger partial charge in [0.25, 0.3) is 11.8 Å². The van der Waals surface area contributed by atoms with Crippen LogP contribution in [0.3, 0.4) is 0 Å². The highest BCUT2D eigenvalue weighted by Crippen LogP contribution is 2.53. The molecular weight excluding hydrogens is 442 g/mol. The van der Waals surface area contributed by atoms with Crippen LogP contribution >= 0.6 is 0 Å². The van der Waals surface area contributed by atoms with Crippen LogP contribution in [0.2, 0.25) is 0 Å². The number of carbonyl (C=O) groups excluding carboxylic acids is 3. The molecule has 1 aliphatic carbocycles. The Morgan fingerprint density at radius 2 is 1.57 bits per heavy atom. The minimum Gasteiger partial charge on any atom is -0.466 e. The van der Waals surface area contributed by atoms with Gasteiger partial charge in [-0.1, -0.05) is 50.2 Å².